The number of halogens is 1. The van der Waals surface area contributed by atoms with Crippen LogP contribution in [-0.2, 0) is 9.59 Å². The Morgan fingerprint density at radius 1 is 1.04 bits per heavy atom. The third-order valence-electron chi connectivity index (χ3n) is 3.63. The van der Waals surface area contributed by atoms with Gasteiger partial charge in [0, 0.05) is 10.6 Å². The van der Waals surface area contributed by atoms with Crippen LogP contribution in [0.4, 0.5) is 5.69 Å². The number of benzene rings is 2. The summed E-state index contributed by atoms with van der Waals surface area (Å²) in [5.74, 6) is -1.13. The van der Waals surface area contributed by atoms with Gasteiger partial charge in [0.2, 0.25) is 5.91 Å². The molecule has 0 aliphatic carbocycles. The van der Waals surface area contributed by atoms with E-state index in [1.807, 2.05) is 0 Å². The number of carbonyl (C=O) groups is 3. The van der Waals surface area contributed by atoms with Crippen LogP contribution >= 0.6 is 11.6 Å². The van der Waals surface area contributed by atoms with E-state index in [0.717, 1.165) is 4.90 Å². The van der Waals surface area contributed by atoms with E-state index < -0.39 is 17.9 Å². The van der Waals surface area contributed by atoms with Crippen LogP contribution in [0.25, 0.3) is 0 Å². The van der Waals surface area contributed by atoms with Crippen molar-refractivity contribution in [3.8, 4) is 0 Å². The maximum Gasteiger partial charge on any atom is 0.265 e. The van der Waals surface area contributed by atoms with Crippen LogP contribution < -0.4 is 15.8 Å². The van der Waals surface area contributed by atoms with Gasteiger partial charge in [-0.2, -0.15) is 0 Å². The number of nitrogens with one attached hydrogen (secondary N) is 2. The smallest absolute Gasteiger partial charge is 0.265 e. The van der Waals surface area contributed by atoms with Crippen molar-refractivity contribution >= 4 is 35.0 Å². The molecule has 1 aliphatic heterocycles. The number of para-hydroxylation sites is 1. The molecule has 1 fully saturated rings. The van der Waals surface area contributed by atoms with E-state index in [4.69, 9.17) is 11.6 Å². The summed E-state index contributed by atoms with van der Waals surface area (Å²) in [6.45, 7) is 0. The number of anilines is 1. The molecule has 0 radical (unpaired) electrons. The van der Waals surface area contributed by atoms with E-state index in [-0.39, 0.29) is 12.3 Å². The molecule has 0 aromatic heterocycles. The van der Waals surface area contributed by atoms with Gasteiger partial charge in [-0.25, -0.2) is 10.3 Å². The van der Waals surface area contributed by atoms with Crippen LogP contribution in [0.5, 0.6) is 0 Å². The Morgan fingerprint density at radius 2 is 1.71 bits per heavy atom. The van der Waals surface area contributed by atoms with Gasteiger partial charge in [0.1, 0.15) is 6.04 Å². The lowest BCUT2D eigenvalue weighted by atomic mass is 10.2. The molecule has 3 amide bonds. The number of rotatable bonds is 4. The summed E-state index contributed by atoms with van der Waals surface area (Å²) in [5, 5.41) is 0.523. The van der Waals surface area contributed by atoms with Crippen molar-refractivity contribution in [2.45, 2.75) is 12.5 Å². The number of nitrogens with zero attached hydrogens (tertiary/aromatic N) is 1. The second-order valence-corrected chi connectivity index (χ2v) is 5.70. The molecular formula is C17H14ClN3O3. The molecule has 2 aromatic carbocycles. The Hall–Kier alpha value is -2.70. The third kappa shape index (κ3) is 3.29. The predicted octanol–water partition coefficient (Wildman–Crippen LogP) is 1.91. The number of amides is 3. The number of imide groups is 1. The van der Waals surface area contributed by atoms with E-state index in [1.165, 1.54) is 0 Å². The van der Waals surface area contributed by atoms with Crippen molar-refractivity contribution in [1.29, 1.82) is 0 Å². The summed E-state index contributed by atoms with van der Waals surface area (Å²) in [6, 6.07) is 14.2. The van der Waals surface area contributed by atoms with Gasteiger partial charge >= 0.3 is 0 Å². The Labute approximate surface area is 143 Å². The normalized spacial score (nSPS) is 17.2. The van der Waals surface area contributed by atoms with E-state index in [2.05, 4.69) is 10.9 Å². The molecule has 6 nitrogen and oxygen atoms in total. The van der Waals surface area contributed by atoms with Crippen LogP contribution in [0.3, 0.4) is 0 Å². The first-order valence-electron chi connectivity index (χ1n) is 7.29. The number of hydrazine groups is 1. The second kappa shape index (κ2) is 6.82. The quantitative estimate of drug-likeness (QED) is 0.656. The lowest BCUT2D eigenvalue weighted by molar-refractivity contribution is -0.121. The largest absolute Gasteiger partial charge is 0.287 e. The van der Waals surface area contributed by atoms with Crippen LogP contribution in [0.15, 0.2) is 54.6 Å². The first-order valence-corrected chi connectivity index (χ1v) is 7.67. The second-order valence-electron chi connectivity index (χ2n) is 5.27. The zero-order valence-corrected chi connectivity index (χ0v) is 13.3. The number of carbonyl (C=O) groups excluding carboxylic acids is 3. The molecule has 0 saturated carbocycles. The highest BCUT2D eigenvalue weighted by Gasteiger charge is 2.39. The summed E-state index contributed by atoms with van der Waals surface area (Å²) in [7, 11) is 0. The topological polar surface area (TPSA) is 78.5 Å². The molecule has 1 unspecified atom stereocenters. The highest BCUT2D eigenvalue weighted by atomic mass is 35.5. The summed E-state index contributed by atoms with van der Waals surface area (Å²) in [4.78, 5) is 37.6. The zero-order valence-electron chi connectivity index (χ0n) is 12.5. The molecule has 24 heavy (non-hydrogen) atoms. The van der Waals surface area contributed by atoms with E-state index in [1.54, 1.807) is 54.6 Å². The summed E-state index contributed by atoms with van der Waals surface area (Å²) in [6.07, 6.45) is -0.0192. The molecule has 0 bridgehead atoms. The zero-order chi connectivity index (χ0) is 17.1. The van der Waals surface area contributed by atoms with Gasteiger partial charge in [0.25, 0.3) is 11.8 Å². The lowest BCUT2D eigenvalue weighted by Gasteiger charge is -2.15. The summed E-state index contributed by atoms with van der Waals surface area (Å²) >= 11 is 5.77. The molecule has 1 aliphatic rings. The van der Waals surface area contributed by atoms with Crippen molar-refractivity contribution in [3.05, 3.63) is 65.2 Å². The van der Waals surface area contributed by atoms with Gasteiger partial charge in [0.05, 0.1) is 12.1 Å². The molecule has 7 heteroatoms. The Balaban J connectivity index is 1.64. The van der Waals surface area contributed by atoms with E-state index in [0.29, 0.717) is 16.3 Å². The maximum atomic E-state index is 12.4. The molecule has 1 atom stereocenters. The fraction of sp³-hybridized carbons (Fsp3) is 0.118. The molecule has 2 aromatic rings. The number of hydrogen-bond acceptors (Lipinski definition) is 4. The average Bonchev–Trinajstić information content (AvgIpc) is 2.88. The molecular weight excluding hydrogens is 330 g/mol. The standard InChI is InChI=1S/C17H14ClN3O3/c18-12-8-6-11(7-9-12)16(23)20-19-14-10-15(22)21(17(14)24)13-4-2-1-3-5-13/h1-9,14,19H,10H2,(H,20,23). The minimum absolute atomic E-state index is 0.0192. The van der Waals surface area contributed by atoms with Crippen molar-refractivity contribution in [2.24, 2.45) is 0 Å². The highest BCUT2D eigenvalue weighted by molar-refractivity contribution is 6.30. The van der Waals surface area contributed by atoms with Gasteiger partial charge in [-0.15, -0.1) is 0 Å². The predicted molar refractivity (Wildman–Crippen MR) is 89.4 cm³/mol. The minimum atomic E-state index is -0.797. The Bertz CT molecular complexity index is 777. The SMILES string of the molecule is O=C(NNC1CC(=O)N(c2ccccc2)C1=O)c1ccc(Cl)cc1. The molecule has 122 valence electrons. The van der Waals surface area contributed by atoms with Crippen molar-refractivity contribution in [2.75, 3.05) is 4.90 Å². The average molecular weight is 344 g/mol. The van der Waals surface area contributed by atoms with Crippen LogP contribution in [-0.4, -0.2) is 23.8 Å². The maximum absolute atomic E-state index is 12.4. The van der Waals surface area contributed by atoms with E-state index >= 15 is 0 Å². The van der Waals surface area contributed by atoms with E-state index in [9.17, 15) is 14.4 Å². The van der Waals surface area contributed by atoms with Crippen LogP contribution in [0, 0.1) is 0 Å². The molecule has 3 rings (SSSR count). The van der Waals surface area contributed by atoms with Gasteiger partial charge in [-0.3, -0.25) is 19.8 Å². The summed E-state index contributed by atoms with van der Waals surface area (Å²) < 4.78 is 0. The highest BCUT2D eigenvalue weighted by Crippen LogP contribution is 2.22. The first kappa shape index (κ1) is 16.2. The Kier molecular flexibility index (Phi) is 4.59. The lowest BCUT2D eigenvalue weighted by Crippen LogP contribution is -2.48. The van der Waals surface area contributed by atoms with Crippen molar-refractivity contribution in [1.82, 2.24) is 10.9 Å². The molecule has 2 N–H and O–H groups in total. The van der Waals surface area contributed by atoms with Gasteiger partial charge in [0.15, 0.2) is 0 Å². The molecule has 1 saturated heterocycles. The van der Waals surface area contributed by atoms with Gasteiger partial charge in [-0.05, 0) is 36.4 Å². The van der Waals surface area contributed by atoms with Crippen LogP contribution in [0.2, 0.25) is 5.02 Å². The Morgan fingerprint density at radius 3 is 2.38 bits per heavy atom. The fourth-order valence-electron chi connectivity index (χ4n) is 2.42. The summed E-state index contributed by atoms with van der Waals surface area (Å²) in [5.41, 5.74) is 5.99. The van der Waals surface area contributed by atoms with Gasteiger partial charge in [-0.1, -0.05) is 29.8 Å². The number of hydrogen-bond donors (Lipinski definition) is 2. The van der Waals surface area contributed by atoms with Crippen molar-refractivity contribution < 1.29 is 14.4 Å². The van der Waals surface area contributed by atoms with Gasteiger partial charge < -0.3 is 0 Å². The third-order valence-corrected chi connectivity index (χ3v) is 3.88. The monoisotopic (exact) mass is 343 g/mol. The first-order chi connectivity index (χ1) is 11.6. The molecule has 1 heterocycles. The van der Waals surface area contributed by atoms with Crippen LogP contribution in [0.1, 0.15) is 16.8 Å². The minimum Gasteiger partial charge on any atom is -0.287 e. The fourth-order valence-corrected chi connectivity index (χ4v) is 2.55. The molecule has 0 spiro atoms. The van der Waals surface area contributed by atoms with Crippen molar-refractivity contribution in [3.63, 3.8) is 0 Å².